The number of benzene rings is 1. The number of hydrogen-bond acceptors (Lipinski definition) is 4. The standard InChI is InChI=1S/C19H28N2O4/c1-19(2,3)25-18(23)20-12-7-13-21-15-9-6-10-16(24-4)14(15)8-5-11-17(21)22/h6,9-10H,5,7-8,11-13H2,1-4H3,(H,20,23). The van der Waals surface area contributed by atoms with Crippen molar-refractivity contribution in [3.8, 4) is 5.75 Å². The molecule has 0 atom stereocenters. The summed E-state index contributed by atoms with van der Waals surface area (Å²) >= 11 is 0. The van der Waals surface area contributed by atoms with E-state index in [-0.39, 0.29) is 5.91 Å². The molecule has 0 spiro atoms. The minimum atomic E-state index is -0.514. The summed E-state index contributed by atoms with van der Waals surface area (Å²) in [7, 11) is 1.65. The largest absolute Gasteiger partial charge is 0.496 e. The number of anilines is 1. The van der Waals surface area contributed by atoms with Crippen LogP contribution in [-0.4, -0.2) is 37.8 Å². The second kappa shape index (κ2) is 8.23. The molecule has 2 amide bonds. The zero-order valence-electron chi connectivity index (χ0n) is 15.6. The molecule has 0 aliphatic carbocycles. The van der Waals surface area contributed by atoms with E-state index in [0.29, 0.717) is 25.9 Å². The number of ether oxygens (including phenoxy) is 2. The van der Waals surface area contributed by atoms with E-state index in [1.165, 1.54) is 0 Å². The van der Waals surface area contributed by atoms with Crippen molar-refractivity contribution in [3.63, 3.8) is 0 Å². The van der Waals surface area contributed by atoms with E-state index < -0.39 is 11.7 Å². The summed E-state index contributed by atoms with van der Waals surface area (Å²) in [6.07, 6.45) is 2.40. The predicted octanol–water partition coefficient (Wildman–Crippen LogP) is 3.28. The van der Waals surface area contributed by atoms with Crippen LogP contribution >= 0.6 is 0 Å². The van der Waals surface area contributed by atoms with Crippen LogP contribution in [0.25, 0.3) is 0 Å². The highest BCUT2D eigenvalue weighted by Gasteiger charge is 2.24. The highest BCUT2D eigenvalue weighted by molar-refractivity contribution is 5.95. The average Bonchev–Trinajstić information content (AvgIpc) is 2.68. The highest BCUT2D eigenvalue weighted by Crippen LogP contribution is 2.33. The maximum Gasteiger partial charge on any atom is 0.407 e. The van der Waals surface area contributed by atoms with Crippen molar-refractivity contribution in [1.82, 2.24) is 5.32 Å². The fourth-order valence-electron chi connectivity index (χ4n) is 2.92. The minimum Gasteiger partial charge on any atom is -0.496 e. The maximum absolute atomic E-state index is 12.5. The molecule has 0 radical (unpaired) electrons. The average molecular weight is 348 g/mol. The number of nitrogens with one attached hydrogen (secondary N) is 1. The third kappa shape index (κ3) is 5.37. The quantitative estimate of drug-likeness (QED) is 0.829. The summed E-state index contributed by atoms with van der Waals surface area (Å²) in [6, 6.07) is 5.79. The SMILES string of the molecule is COc1cccc2c1CCCC(=O)N2CCCNC(=O)OC(C)(C)C. The first-order chi connectivity index (χ1) is 11.8. The van der Waals surface area contributed by atoms with Gasteiger partial charge in [0.2, 0.25) is 5.91 Å². The number of nitrogens with zero attached hydrogens (tertiary/aromatic N) is 1. The van der Waals surface area contributed by atoms with Crippen LogP contribution in [0.2, 0.25) is 0 Å². The van der Waals surface area contributed by atoms with Gasteiger partial charge < -0.3 is 19.7 Å². The second-order valence-corrected chi connectivity index (χ2v) is 7.14. The van der Waals surface area contributed by atoms with Crippen LogP contribution < -0.4 is 15.0 Å². The molecule has 0 bridgehead atoms. The third-order valence-electron chi connectivity index (χ3n) is 3.96. The first kappa shape index (κ1) is 19.1. The molecule has 0 saturated heterocycles. The summed E-state index contributed by atoms with van der Waals surface area (Å²) in [5.41, 5.74) is 1.48. The Hall–Kier alpha value is -2.24. The van der Waals surface area contributed by atoms with Crippen LogP contribution in [0.5, 0.6) is 5.75 Å². The van der Waals surface area contributed by atoms with Gasteiger partial charge in [0.1, 0.15) is 11.4 Å². The van der Waals surface area contributed by atoms with Crippen molar-refractivity contribution >= 4 is 17.7 Å². The number of alkyl carbamates (subject to hydrolysis) is 1. The van der Waals surface area contributed by atoms with Gasteiger partial charge in [-0.3, -0.25) is 4.79 Å². The first-order valence-corrected chi connectivity index (χ1v) is 8.75. The molecule has 1 heterocycles. The number of carbonyl (C=O) groups excluding carboxylic acids is 2. The Labute approximate surface area is 149 Å². The van der Waals surface area contributed by atoms with Gasteiger partial charge in [-0.15, -0.1) is 0 Å². The Balaban J connectivity index is 1.97. The van der Waals surface area contributed by atoms with E-state index in [0.717, 1.165) is 29.8 Å². The molecular formula is C19H28N2O4. The molecule has 1 aliphatic rings. The molecule has 0 saturated carbocycles. The molecule has 25 heavy (non-hydrogen) atoms. The lowest BCUT2D eigenvalue weighted by molar-refractivity contribution is -0.118. The fourth-order valence-corrected chi connectivity index (χ4v) is 2.92. The Morgan fingerprint density at radius 1 is 1.28 bits per heavy atom. The summed E-state index contributed by atoms with van der Waals surface area (Å²) in [5, 5.41) is 2.73. The molecule has 1 aromatic carbocycles. The van der Waals surface area contributed by atoms with Crippen LogP contribution in [0, 0.1) is 0 Å². The van der Waals surface area contributed by atoms with Gasteiger partial charge in [0.15, 0.2) is 0 Å². The number of methoxy groups -OCH3 is 1. The second-order valence-electron chi connectivity index (χ2n) is 7.14. The Kier molecular flexibility index (Phi) is 6.28. The third-order valence-corrected chi connectivity index (χ3v) is 3.96. The minimum absolute atomic E-state index is 0.115. The lowest BCUT2D eigenvalue weighted by Gasteiger charge is -2.24. The molecule has 2 rings (SSSR count). The number of carbonyl (C=O) groups is 2. The number of amides is 2. The van der Waals surface area contributed by atoms with Crippen molar-refractivity contribution in [2.24, 2.45) is 0 Å². The topological polar surface area (TPSA) is 67.9 Å². The lowest BCUT2D eigenvalue weighted by Crippen LogP contribution is -2.36. The molecular weight excluding hydrogens is 320 g/mol. The molecule has 0 fully saturated rings. The molecule has 1 aliphatic heterocycles. The van der Waals surface area contributed by atoms with Crippen molar-refractivity contribution in [3.05, 3.63) is 23.8 Å². The summed E-state index contributed by atoms with van der Waals surface area (Å²) in [6.45, 7) is 6.49. The van der Waals surface area contributed by atoms with Gasteiger partial charge in [0.25, 0.3) is 0 Å². The molecule has 6 nitrogen and oxygen atoms in total. The first-order valence-electron chi connectivity index (χ1n) is 8.75. The molecule has 0 aromatic heterocycles. The zero-order chi connectivity index (χ0) is 18.4. The van der Waals surface area contributed by atoms with Gasteiger partial charge in [0, 0.05) is 25.1 Å². The monoisotopic (exact) mass is 348 g/mol. The Morgan fingerprint density at radius 2 is 2.04 bits per heavy atom. The van der Waals surface area contributed by atoms with Crippen LogP contribution in [0.15, 0.2) is 18.2 Å². The lowest BCUT2D eigenvalue weighted by atomic mass is 10.1. The van der Waals surface area contributed by atoms with Crippen molar-refractivity contribution < 1.29 is 19.1 Å². The van der Waals surface area contributed by atoms with Crippen LogP contribution in [-0.2, 0) is 16.0 Å². The molecule has 6 heteroatoms. The summed E-state index contributed by atoms with van der Waals surface area (Å²) in [4.78, 5) is 26.0. The number of rotatable bonds is 5. The predicted molar refractivity (Wildman–Crippen MR) is 97.1 cm³/mol. The van der Waals surface area contributed by atoms with Gasteiger partial charge in [0.05, 0.1) is 12.8 Å². The molecule has 138 valence electrons. The van der Waals surface area contributed by atoms with Crippen molar-refractivity contribution in [1.29, 1.82) is 0 Å². The van der Waals surface area contributed by atoms with E-state index in [1.54, 1.807) is 7.11 Å². The molecule has 0 unspecified atom stereocenters. The summed E-state index contributed by atoms with van der Waals surface area (Å²) < 4.78 is 10.7. The highest BCUT2D eigenvalue weighted by atomic mass is 16.6. The van der Waals surface area contributed by atoms with E-state index in [1.807, 2.05) is 43.9 Å². The molecule has 1 aromatic rings. The zero-order valence-corrected chi connectivity index (χ0v) is 15.6. The van der Waals surface area contributed by atoms with Gasteiger partial charge in [-0.2, -0.15) is 0 Å². The van der Waals surface area contributed by atoms with Crippen molar-refractivity contribution in [2.75, 3.05) is 25.1 Å². The van der Waals surface area contributed by atoms with Gasteiger partial charge >= 0.3 is 6.09 Å². The van der Waals surface area contributed by atoms with E-state index in [4.69, 9.17) is 9.47 Å². The smallest absolute Gasteiger partial charge is 0.407 e. The number of hydrogen-bond donors (Lipinski definition) is 1. The van der Waals surface area contributed by atoms with E-state index >= 15 is 0 Å². The Bertz CT molecular complexity index is 622. The van der Waals surface area contributed by atoms with Gasteiger partial charge in [-0.25, -0.2) is 4.79 Å². The summed E-state index contributed by atoms with van der Waals surface area (Å²) in [5.74, 6) is 0.938. The fraction of sp³-hybridized carbons (Fsp3) is 0.579. The van der Waals surface area contributed by atoms with Crippen LogP contribution in [0.3, 0.4) is 0 Å². The van der Waals surface area contributed by atoms with Gasteiger partial charge in [-0.05, 0) is 52.2 Å². The van der Waals surface area contributed by atoms with Crippen molar-refractivity contribution in [2.45, 2.75) is 52.1 Å². The maximum atomic E-state index is 12.5. The number of fused-ring (bicyclic) bond motifs is 1. The van der Waals surface area contributed by atoms with E-state index in [9.17, 15) is 9.59 Å². The Morgan fingerprint density at radius 3 is 2.72 bits per heavy atom. The van der Waals surface area contributed by atoms with Gasteiger partial charge in [-0.1, -0.05) is 6.07 Å². The van der Waals surface area contributed by atoms with E-state index in [2.05, 4.69) is 5.32 Å². The normalized spacial score (nSPS) is 14.6. The molecule has 1 N–H and O–H groups in total. The van der Waals surface area contributed by atoms with Crippen LogP contribution in [0.4, 0.5) is 10.5 Å². The van der Waals surface area contributed by atoms with Crippen LogP contribution in [0.1, 0.15) is 45.6 Å².